The molecule has 0 spiro atoms. The topological polar surface area (TPSA) is 53.1 Å². The molecule has 0 saturated carbocycles. The van der Waals surface area contributed by atoms with Gasteiger partial charge in [0.1, 0.15) is 10.7 Å². The Hall–Kier alpha value is -1.48. The van der Waals surface area contributed by atoms with Crippen LogP contribution in [0.25, 0.3) is 10.9 Å². The first-order valence-electron chi connectivity index (χ1n) is 4.52. The summed E-state index contributed by atoms with van der Waals surface area (Å²) in [5.74, 6) is -1.00. The Morgan fingerprint density at radius 2 is 2.07 bits per heavy atom. The van der Waals surface area contributed by atoms with Crippen molar-refractivity contribution in [3.63, 3.8) is 0 Å². The van der Waals surface area contributed by atoms with Crippen LogP contribution in [0.2, 0.25) is 5.15 Å². The van der Waals surface area contributed by atoms with Gasteiger partial charge in [-0.25, -0.2) is 4.79 Å². The number of H-pyrrole nitrogens is 1. The fourth-order valence-corrected chi connectivity index (χ4v) is 2.11. The number of hydrogen-bond donors (Lipinski definition) is 2. The van der Waals surface area contributed by atoms with Crippen LogP contribution in [0.1, 0.15) is 21.5 Å². The number of halogens is 1. The quantitative estimate of drug-likeness (QED) is 0.780. The SMILES string of the molecule is Cc1cc(C)c2[nH]c(Cl)c(C(=O)O)c2c1. The summed E-state index contributed by atoms with van der Waals surface area (Å²) in [5, 5.41) is 9.89. The molecule has 0 aliphatic rings. The van der Waals surface area contributed by atoms with Crippen LogP contribution in [-0.2, 0) is 0 Å². The third-order valence-electron chi connectivity index (χ3n) is 2.42. The molecule has 0 unspecified atom stereocenters. The second-order valence-electron chi connectivity index (χ2n) is 3.62. The van der Waals surface area contributed by atoms with E-state index < -0.39 is 5.97 Å². The molecule has 0 fully saturated rings. The van der Waals surface area contributed by atoms with Crippen LogP contribution < -0.4 is 0 Å². The summed E-state index contributed by atoms with van der Waals surface area (Å²) < 4.78 is 0. The number of aromatic nitrogens is 1. The molecular formula is C11H10ClNO2. The van der Waals surface area contributed by atoms with E-state index in [0.29, 0.717) is 5.39 Å². The Balaban J connectivity index is 2.93. The van der Waals surface area contributed by atoms with Gasteiger partial charge in [0.15, 0.2) is 0 Å². The van der Waals surface area contributed by atoms with Gasteiger partial charge in [0.05, 0.1) is 5.52 Å². The van der Waals surface area contributed by atoms with E-state index >= 15 is 0 Å². The molecule has 0 atom stereocenters. The van der Waals surface area contributed by atoms with Crippen molar-refractivity contribution in [1.29, 1.82) is 0 Å². The third-order valence-corrected chi connectivity index (χ3v) is 2.70. The van der Waals surface area contributed by atoms with Gasteiger partial charge in [-0.3, -0.25) is 0 Å². The third kappa shape index (κ3) is 1.49. The van der Waals surface area contributed by atoms with Crippen molar-refractivity contribution >= 4 is 28.5 Å². The molecule has 0 aliphatic heterocycles. The fourth-order valence-electron chi connectivity index (χ4n) is 1.83. The van der Waals surface area contributed by atoms with Crippen molar-refractivity contribution in [3.05, 3.63) is 34.0 Å². The van der Waals surface area contributed by atoms with E-state index in [1.807, 2.05) is 26.0 Å². The molecule has 78 valence electrons. The molecule has 4 heteroatoms. The minimum atomic E-state index is -1.00. The van der Waals surface area contributed by atoms with E-state index in [1.165, 1.54) is 0 Å². The smallest absolute Gasteiger partial charge is 0.339 e. The van der Waals surface area contributed by atoms with Crippen molar-refractivity contribution in [2.75, 3.05) is 0 Å². The molecule has 2 rings (SSSR count). The molecule has 0 radical (unpaired) electrons. The summed E-state index contributed by atoms with van der Waals surface area (Å²) in [4.78, 5) is 13.9. The number of carboxylic acids is 1. The Morgan fingerprint density at radius 1 is 1.40 bits per heavy atom. The molecule has 3 nitrogen and oxygen atoms in total. The minimum absolute atomic E-state index is 0.151. The molecule has 0 bridgehead atoms. The van der Waals surface area contributed by atoms with Gasteiger partial charge in [0.25, 0.3) is 0 Å². The molecule has 1 aromatic heterocycles. The lowest BCUT2D eigenvalue weighted by molar-refractivity contribution is 0.0699. The Bertz CT molecular complexity index is 557. The zero-order chi connectivity index (χ0) is 11.2. The molecular weight excluding hydrogens is 214 g/mol. The first-order valence-corrected chi connectivity index (χ1v) is 4.90. The summed E-state index contributed by atoms with van der Waals surface area (Å²) >= 11 is 5.85. The summed E-state index contributed by atoms with van der Waals surface area (Å²) in [6.07, 6.45) is 0. The Kier molecular flexibility index (Phi) is 2.20. The van der Waals surface area contributed by atoms with Gasteiger partial charge >= 0.3 is 5.97 Å². The Morgan fingerprint density at radius 3 is 2.67 bits per heavy atom. The standard InChI is InChI=1S/C11H10ClNO2/c1-5-3-6(2)9-7(4-5)8(11(14)15)10(12)13-9/h3-4,13H,1-2H3,(H,14,15). The van der Waals surface area contributed by atoms with Crippen LogP contribution in [0.4, 0.5) is 0 Å². The molecule has 0 aliphatic carbocycles. The van der Waals surface area contributed by atoms with Gasteiger partial charge in [-0.15, -0.1) is 0 Å². The maximum absolute atomic E-state index is 11.0. The Labute approximate surface area is 91.7 Å². The van der Waals surface area contributed by atoms with Crippen molar-refractivity contribution < 1.29 is 9.90 Å². The van der Waals surface area contributed by atoms with E-state index in [9.17, 15) is 4.79 Å². The van der Waals surface area contributed by atoms with Crippen molar-refractivity contribution in [1.82, 2.24) is 4.98 Å². The maximum Gasteiger partial charge on any atom is 0.339 e. The van der Waals surface area contributed by atoms with E-state index in [0.717, 1.165) is 16.6 Å². The lowest BCUT2D eigenvalue weighted by Gasteiger charge is -1.99. The van der Waals surface area contributed by atoms with Gasteiger partial charge in [0, 0.05) is 5.39 Å². The van der Waals surface area contributed by atoms with Gasteiger partial charge in [0.2, 0.25) is 0 Å². The largest absolute Gasteiger partial charge is 0.478 e. The van der Waals surface area contributed by atoms with Crippen molar-refractivity contribution in [2.45, 2.75) is 13.8 Å². The van der Waals surface area contributed by atoms with Crippen molar-refractivity contribution in [3.8, 4) is 0 Å². The predicted molar refractivity (Wildman–Crippen MR) is 59.7 cm³/mol. The number of benzene rings is 1. The molecule has 0 amide bonds. The van der Waals surface area contributed by atoms with Crippen LogP contribution >= 0.6 is 11.6 Å². The number of fused-ring (bicyclic) bond motifs is 1. The van der Waals surface area contributed by atoms with Crippen LogP contribution in [0.3, 0.4) is 0 Å². The number of carbonyl (C=O) groups is 1. The second kappa shape index (κ2) is 3.28. The zero-order valence-corrected chi connectivity index (χ0v) is 9.14. The van der Waals surface area contributed by atoms with Gasteiger partial charge in [-0.1, -0.05) is 23.2 Å². The monoisotopic (exact) mass is 223 g/mol. The molecule has 1 aromatic carbocycles. The van der Waals surface area contributed by atoms with E-state index in [1.54, 1.807) is 0 Å². The van der Waals surface area contributed by atoms with Crippen molar-refractivity contribution in [2.24, 2.45) is 0 Å². The summed E-state index contributed by atoms with van der Waals surface area (Å²) in [5.41, 5.74) is 2.97. The molecule has 1 heterocycles. The lowest BCUT2D eigenvalue weighted by atomic mass is 10.1. The number of aryl methyl sites for hydroxylation is 2. The van der Waals surface area contributed by atoms with Crippen LogP contribution in [0.15, 0.2) is 12.1 Å². The summed E-state index contributed by atoms with van der Waals surface area (Å²) in [6, 6.07) is 3.81. The molecule has 2 N–H and O–H groups in total. The van der Waals surface area contributed by atoms with E-state index in [2.05, 4.69) is 4.98 Å². The van der Waals surface area contributed by atoms with Gasteiger partial charge in [-0.05, 0) is 25.5 Å². The first kappa shape index (κ1) is 10.1. The fraction of sp³-hybridized carbons (Fsp3) is 0.182. The zero-order valence-electron chi connectivity index (χ0n) is 8.39. The highest BCUT2D eigenvalue weighted by Gasteiger charge is 2.17. The summed E-state index contributed by atoms with van der Waals surface area (Å²) in [7, 11) is 0. The number of aromatic carboxylic acids is 1. The predicted octanol–water partition coefficient (Wildman–Crippen LogP) is 3.14. The normalized spacial score (nSPS) is 10.9. The average molecular weight is 224 g/mol. The molecule has 15 heavy (non-hydrogen) atoms. The molecule has 2 aromatic rings. The lowest BCUT2D eigenvalue weighted by Crippen LogP contribution is -1.95. The average Bonchev–Trinajstić information content (AvgIpc) is 2.41. The van der Waals surface area contributed by atoms with Gasteiger partial charge in [-0.2, -0.15) is 0 Å². The van der Waals surface area contributed by atoms with Crippen LogP contribution in [-0.4, -0.2) is 16.1 Å². The number of rotatable bonds is 1. The van der Waals surface area contributed by atoms with Crippen LogP contribution in [0, 0.1) is 13.8 Å². The number of hydrogen-bond acceptors (Lipinski definition) is 1. The second-order valence-corrected chi connectivity index (χ2v) is 4.00. The summed E-state index contributed by atoms with van der Waals surface area (Å²) in [6.45, 7) is 3.85. The minimum Gasteiger partial charge on any atom is -0.478 e. The van der Waals surface area contributed by atoms with E-state index in [4.69, 9.17) is 16.7 Å². The highest BCUT2D eigenvalue weighted by atomic mass is 35.5. The number of aromatic amines is 1. The van der Waals surface area contributed by atoms with Gasteiger partial charge < -0.3 is 10.1 Å². The first-order chi connectivity index (χ1) is 7.00. The van der Waals surface area contributed by atoms with E-state index in [-0.39, 0.29) is 10.7 Å². The molecule has 0 saturated heterocycles. The maximum atomic E-state index is 11.0. The highest BCUT2D eigenvalue weighted by molar-refractivity contribution is 6.34. The number of nitrogens with one attached hydrogen (secondary N) is 1. The highest BCUT2D eigenvalue weighted by Crippen LogP contribution is 2.29. The number of carboxylic acid groups (broad SMARTS) is 1. The van der Waals surface area contributed by atoms with Crippen LogP contribution in [0.5, 0.6) is 0 Å².